The maximum Gasteiger partial charge on any atom is 0.371 e. The fraction of sp³-hybridized carbons (Fsp3) is 0.167. The number of carboxylic acid groups (broad SMARTS) is 2. The van der Waals surface area contributed by atoms with Crippen LogP contribution in [-0.4, -0.2) is 34.5 Å². The maximum atomic E-state index is 10.3. The molecule has 64 valence electrons. The van der Waals surface area contributed by atoms with E-state index in [-0.39, 0.29) is 18.0 Å². The average molecular weight is 170 g/mol. The number of nitrogens with zero attached hydrogens (tertiary/aromatic N) is 1. The highest BCUT2D eigenvalue weighted by molar-refractivity contribution is 6.35. The van der Waals surface area contributed by atoms with Crippen LogP contribution in [-0.2, 0) is 9.59 Å². The van der Waals surface area contributed by atoms with E-state index >= 15 is 0 Å². The van der Waals surface area contributed by atoms with E-state index in [1.54, 1.807) is 0 Å². The minimum Gasteiger partial charge on any atom is -0.478 e. The number of carboxylic acids is 2. The van der Waals surface area contributed by atoms with Crippen LogP contribution in [0.3, 0.4) is 0 Å². The molecule has 0 spiro atoms. The van der Waals surface area contributed by atoms with Gasteiger partial charge < -0.3 is 15.5 Å². The zero-order chi connectivity index (χ0) is 9.14. The summed E-state index contributed by atoms with van der Waals surface area (Å²) in [6, 6.07) is 0. The first-order valence-electron chi connectivity index (χ1n) is 3.08. The molecule has 3 N–H and O–H groups in total. The predicted octanol–water partition coefficient (Wildman–Crippen LogP) is -0.959. The number of aliphatic carboxylic acids is 2. The number of aliphatic imine (C=N–C) groups is 1. The summed E-state index contributed by atoms with van der Waals surface area (Å²) in [6.45, 7) is -0.107. The van der Waals surface area contributed by atoms with Crippen LogP contribution in [0, 0.1) is 0 Å². The van der Waals surface area contributed by atoms with E-state index in [1.165, 1.54) is 0 Å². The van der Waals surface area contributed by atoms with Gasteiger partial charge in [0.05, 0.1) is 12.1 Å². The standard InChI is InChI=1S/C6H6N2O4/c9-5(10)3-1-7-4(6(11)12)8-2-3/h1H,2H2,(H,7,8)(H,9,10)(H,11,12). The summed E-state index contributed by atoms with van der Waals surface area (Å²) in [7, 11) is 0. The van der Waals surface area contributed by atoms with Crippen LogP contribution in [0.2, 0.25) is 0 Å². The van der Waals surface area contributed by atoms with Crippen molar-refractivity contribution in [3.8, 4) is 0 Å². The Bertz CT molecular complexity index is 262. The van der Waals surface area contributed by atoms with Crippen molar-refractivity contribution in [1.29, 1.82) is 0 Å². The van der Waals surface area contributed by atoms with Gasteiger partial charge in [0.15, 0.2) is 0 Å². The van der Waals surface area contributed by atoms with Gasteiger partial charge in [-0.1, -0.05) is 0 Å². The number of hydrogen-bond donors (Lipinski definition) is 3. The van der Waals surface area contributed by atoms with Gasteiger partial charge in [0.25, 0.3) is 0 Å². The van der Waals surface area contributed by atoms with Crippen molar-refractivity contribution in [3.05, 3.63) is 11.8 Å². The topological polar surface area (TPSA) is 99.0 Å². The van der Waals surface area contributed by atoms with Crippen molar-refractivity contribution in [3.63, 3.8) is 0 Å². The summed E-state index contributed by atoms with van der Waals surface area (Å²) < 4.78 is 0. The highest BCUT2D eigenvalue weighted by Crippen LogP contribution is 1.98. The van der Waals surface area contributed by atoms with E-state index in [2.05, 4.69) is 10.3 Å². The fourth-order valence-corrected chi connectivity index (χ4v) is 0.670. The van der Waals surface area contributed by atoms with Crippen LogP contribution in [0.4, 0.5) is 0 Å². The second-order valence-corrected chi connectivity index (χ2v) is 2.09. The second kappa shape index (κ2) is 3.04. The molecular weight excluding hydrogens is 164 g/mol. The lowest BCUT2D eigenvalue weighted by Gasteiger charge is -2.08. The second-order valence-electron chi connectivity index (χ2n) is 2.09. The van der Waals surface area contributed by atoms with Gasteiger partial charge in [0, 0.05) is 6.20 Å². The first kappa shape index (κ1) is 8.25. The van der Waals surface area contributed by atoms with Crippen molar-refractivity contribution in [2.24, 2.45) is 4.99 Å². The van der Waals surface area contributed by atoms with E-state index in [0.29, 0.717) is 0 Å². The quantitative estimate of drug-likeness (QED) is 0.495. The SMILES string of the molecule is O=C(O)C1=CNC(C(=O)O)=NC1. The van der Waals surface area contributed by atoms with E-state index in [4.69, 9.17) is 10.2 Å². The molecule has 1 aliphatic heterocycles. The van der Waals surface area contributed by atoms with Crippen LogP contribution >= 0.6 is 0 Å². The molecule has 0 saturated carbocycles. The largest absolute Gasteiger partial charge is 0.478 e. The lowest BCUT2D eigenvalue weighted by atomic mass is 10.2. The van der Waals surface area contributed by atoms with Crippen molar-refractivity contribution in [2.75, 3.05) is 6.54 Å². The third kappa shape index (κ3) is 1.60. The number of nitrogens with one attached hydrogen (secondary N) is 1. The summed E-state index contributed by atoms with van der Waals surface area (Å²) in [5.41, 5.74) is 0.0417. The molecule has 1 aliphatic rings. The summed E-state index contributed by atoms with van der Waals surface area (Å²) in [5, 5.41) is 19.1. The first-order valence-corrected chi connectivity index (χ1v) is 3.08. The Morgan fingerprint density at radius 2 is 2.08 bits per heavy atom. The Morgan fingerprint density at radius 3 is 2.42 bits per heavy atom. The Balaban J connectivity index is 2.66. The first-order chi connectivity index (χ1) is 5.61. The Kier molecular flexibility index (Phi) is 2.09. The average Bonchev–Trinajstić information content (AvgIpc) is 2.04. The number of amidine groups is 1. The minimum absolute atomic E-state index is 0.0417. The highest BCUT2D eigenvalue weighted by Gasteiger charge is 2.15. The van der Waals surface area contributed by atoms with Crippen LogP contribution in [0.5, 0.6) is 0 Å². The number of carbonyl (C=O) groups is 2. The molecule has 6 heteroatoms. The predicted molar refractivity (Wildman–Crippen MR) is 38.8 cm³/mol. The van der Waals surface area contributed by atoms with E-state index in [9.17, 15) is 9.59 Å². The molecule has 6 nitrogen and oxygen atoms in total. The summed E-state index contributed by atoms with van der Waals surface area (Å²) in [4.78, 5) is 24.1. The maximum absolute atomic E-state index is 10.3. The smallest absolute Gasteiger partial charge is 0.371 e. The fourth-order valence-electron chi connectivity index (χ4n) is 0.670. The van der Waals surface area contributed by atoms with Crippen LogP contribution in [0.25, 0.3) is 0 Å². The monoisotopic (exact) mass is 170 g/mol. The molecule has 0 unspecified atom stereocenters. The normalized spacial score (nSPS) is 15.7. The molecule has 12 heavy (non-hydrogen) atoms. The molecule has 1 heterocycles. The summed E-state index contributed by atoms with van der Waals surface area (Å²) >= 11 is 0. The molecule has 0 aromatic heterocycles. The molecule has 0 saturated heterocycles. The molecule has 0 fully saturated rings. The third-order valence-electron chi connectivity index (χ3n) is 1.27. The van der Waals surface area contributed by atoms with Gasteiger partial charge in [0.2, 0.25) is 5.84 Å². The zero-order valence-corrected chi connectivity index (χ0v) is 5.94. The highest BCUT2D eigenvalue weighted by atomic mass is 16.4. The Hall–Kier alpha value is -1.85. The van der Waals surface area contributed by atoms with Crippen LogP contribution in [0.1, 0.15) is 0 Å². The number of rotatable bonds is 2. The molecule has 0 bridgehead atoms. The molecule has 0 aliphatic carbocycles. The Labute approximate surface area is 67.2 Å². The van der Waals surface area contributed by atoms with E-state index in [0.717, 1.165) is 6.20 Å². The van der Waals surface area contributed by atoms with Crippen molar-refractivity contribution in [2.45, 2.75) is 0 Å². The van der Waals surface area contributed by atoms with Gasteiger partial charge >= 0.3 is 11.9 Å². The van der Waals surface area contributed by atoms with E-state index < -0.39 is 11.9 Å². The lowest BCUT2D eigenvalue weighted by molar-refractivity contribution is -0.133. The third-order valence-corrected chi connectivity index (χ3v) is 1.27. The molecule has 1 rings (SSSR count). The summed E-state index contributed by atoms with van der Waals surface area (Å²) in [6.07, 6.45) is 1.12. The van der Waals surface area contributed by atoms with Gasteiger partial charge in [0.1, 0.15) is 0 Å². The zero-order valence-electron chi connectivity index (χ0n) is 5.94. The molecule has 0 radical (unpaired) electrons. The van der Waals surface area contributed by atoms with Crippen LogP contribution in [0.15, 0.2) is 16.8 Å². The van der Waals surface area contributed by atoms with Gasteiger partial charge in [-0.05, 0) is 0 Å². The van der Waals surface area contributed by atoms with Gasteiger partial charge in [-0.15, -0.1) is 0 Å². The molecule has 0 aromatic rings. The molecule has 0 amide bonds. The number of hydrogen-bond acceptors (Lipinski definition) is 4. The lowest BCUT2D eigenvalue weighted by Crippen LogP contribution is -2.31. The van der Waals surface area contributed by atoms with Gasteiger partial charge in [-0.25, -0.2) is 9.59 Å². The van der Waals surface area contributed by atoms with E-state index in [1.807, 2.05) is 0 Å². The van der Waals surface area contributed by atoms with Gasteiger partial charge in [-0.2, -0.15) is 0 Å². The molecule has 0 atom stereocenters. The van der Waals surface area contributed by atoms with Crippen molar-refractivity contribution >= 4 is 17.8 Å². The van der Waals surface area contributed by atoms with Gasteiger partial charge in [-0.3, -0.25) is 4.99 Å². The minimum atomic E-state index is -1.20. The van der Waals surface area contributed by atoms with Crippen molar-refractivity contribution < 1.29 is 19.8 Å². The van der Waals surface area contributed by atoms with Crippen LogP contribution < -0.4 is 5.32 Å². The summed E-state index contributed by atoms with van der Waals surface area (Å²) in [5.74, 6) is -2.54. The molecule has 0 aromatic carbocycles. The van der Waals surface area contributed by atoms with Crippen molar-refractivity contribution in [1.82, 2.24) is 5.32 Å². The molecular formula is C6H6N2O4. The Morgan fingerprint density at radius 1 is 1.42 bits per heavy atom.